The molecule has 0 radical (unpaired) electrons. The summed E-state index contributed by atoms with van der Waals surface area (Å²) in [6.07, 6.45) is 1.82. The molecule has 0 aliphatic carbocycles. The minimum Gasteiger partial charge on any atom is -0.334 e. The average molecular weight is 360 g/mol. The topological polar surface area (TPSA) is 58.4 Å². The summed E-state index contributed by atoms with van der Waals surface area (Å²) in [5.74, 6) is 0.209. The minimum atomic E-state index is -0.340. The van der Waals surface area contributed by atoms with Crippen molar-refractivity contribution in [3.63, 3.8) is 0 Å². The molecule has 2 N–H and O–H groups in total. The van der Waals surface area contributed by atoms with Gasteiger partial charge in [0.25, 0.3) is 0 Å². The molecule has 2 heterocycles. The molecule has 134 valence electrons. The Labute approximate surface area is 155 Å². The number of urea groups is 1. The Morgan fingerprint density at radius 3 is 2.48 bits per heavy atom. The van der Waals surface area contributed by atoms with Gasteiger partial charge in [0.15, 0.2) is 0 Å². The summed E-state index contributed by atoms with van der Waals surface area (Å²) >= 11 is 0. The third-order valence-corrected chi connectivity index (χ3v) is 4.18. The van der Waals surface area contributed by atoms with E-state index in [1.54, 1.807) is 16.5 Å². The van der Waals surface area contributed by atoms with Crippen molar-refractivity contribution < 1.29 is 9.18 Å². The molecule has 4 rings (SSSR count). The molecule has 0 fully saturated rings. The summed E-state index contributed by atoms with van der Waals surface area (Å²) in [5.41, 5.74) is 2.99. The molecular weight excluding hydrogens is 343 g/mol. The monoisotopic (exact) mass is 360 g/mol. The minimum absolute atomic E-state index is 0.322. The lowest BCUT2D eigenvalue weighted by Gasteiger charge is -2.09. The second-order valence-corrected chi connectivity index (χ2v) is 6.04. The van der Waals surface area contributed by atoms with Crippen LogP contribution in [-0.4, -0.2) is 15.4 Å². The Balaban J connectivity index is 1.62. The van der Waals surface area contributed by atoms with E-state index >= 15 is 0 Å². The highest BCUT2D eigenvalue weighted by Crippen LogP contribution is 2.28. The third-order valence-electron chi connectivity index (χ3n) is 4.18. The molecule has 5 nitrogen and oxygen atoms in total. The Hall–Kier alpha value is -3.67. The van der Waals surface area contributed by atoms with Crippen LogP contribution in [-0.2, 0) is 6.54 Å². The van der Waals surface area contributed by atoms with Crippen LogP contribution >= 0.6 is 0 Å². The van der Waals surface area contributed by atoms with E-state index in [9.17, 15) is 9.18 Å². The molecule has 4 aromatic rings. The van der Waals surface area contributed by atoms with Gasteiger partial charge in [-0.25, -0.2) is 14.2 Å². The second kappa shape index (κ2) is 7.29. The Morgan fingerprint density at radius 1 is 0.963 bits per heavy atom. The normalized spacial score (nSPS) is 10.7. The van der Waals surface area contributed by atoms with Gasteiger partial charge >= 0.3 is 6.03 Å². The van der Waals surface area contributed by atoms with Crippen molar-refractivity contribution in [2.24, 2.45) is 0 Å². The van der Waals surface area contributed by atoms with Gasteiger partial charge in [-0.3, -0.25) is 9.72 Å². The smallest absolute Gasteiger partial charge is 0.320 e. The highest BCUT2D eigenvalue weighted by Gasteiger charge is 2.16. The molecule has 0 saturated carbocycles. The van der Waals surface area contributed by atoms with Gasteiger partial charge in [0, 0.05) is 18.3 Å². The molecule has 0 spiro atoms. The molecule has 0 aliphatic heterocycles. The molecular formula is C21H17FN4O. The number of pyridine rings is 1. The van der Waals surface area contributed by atoms with E-state index in [1.807, 2.05) is 54.7 Å². The van der Waals surface area contributed by atoms with Gasteiger partial charge in [-0.15, -0.1) is 0 Å². The molecule has 0 aliphatic rings. The van der Waals surface area contributed by atoms with E-state index in [0.717, 1.165) is 11.1 Å². The van der Waals surface area contributed by atoms with Crippen LogP contribution in [0.4, 0.5) is 15.0 Å². The number of nitrogens with one attached hydrogen (secondary N) is 2. The van der Waals surface area contributed by atoms with Gasteiger partial charge in [0.05, 0.1) is 0 Å². The number of anilines is 1. The number of benzene rings is 2. The second-order valence-electron chi connectivity index (χ2n) is 6.04. The maximum Gasteiger partial charge on any atom is 0.320 e. The number of imidazole rings is 1. The standard InChI is InChI=1S/C21H17FN4O/c22-17-11-9-16(10-12-17)19-20(26-13-5-4-8-18(26)24-19)25-21(27)23-14-15-6-2-1-3-7-15/h1-13H,14H2,(H2,23,25,27). The van der Waals surface area contributed by atoms with Crippen LogP contribution in [0.1, 0.15) is 5.56 Å². The zero-order valence-electron chi connectivity index (χ0n) is 14.4. The molecule has 2 aromatic heterocycles. The number of hydrogen-bond acceptors (Lipinski definition) is 2. The van der Waals surface area contributed by atoms with Crippen molar-refractivity contribution in [3.05, 3.63) is 90.4 Å². The van der Waals surface area contributed by atoms with Crippen LogP contribution in [0.3, 0.4) is 0 Å². The van der Waals surface area contributed by atoms with E-state index in [-0.39, 0.29) is 11.8 Å². The Morgan fingerprint density at radius 2 is 1.70 bits per heavy atom. The average Bonchev–Trinajstić information content (AvgIpc) is 3.06. The highest BCUT2D eigenvalue weighted by molar-refractivity contribution is 5.93. The summed E-state index contributed by atoms with van der Waals surface area (Å²) in [7, 11) is 0. The lowest BCUT2D eigenvalue weighted by Crippen LogP contribution is -2.28. The van der Waals surface area contributed by atoms with Crippen molar-refractivity contribution >= 4 is 17.5 Å². The number of aromatic nitrogens is 2. The molecule has 0 saturated heterocycles. The summed E-state index contributed by atoms with van der Waals surface area (Å²) < 4.78 is 15.1. The van der Waals surface area contributed by atoms with Crippen LogP contribution in [0, 0.1) is 5.82 Å². The van der Waals surface area contributed by atoms with Crippen LogP contribution in [0.15, 0.2) is 79.0 Å². The molecule has 2 aromatic carbocycles. The number of rotatable bonds is 4. The number of amides is 2. The predicted molar refractivity (Wildman–Crippen MR) is 103 cm³/mol. The van der Waals surface area contributed by atoms with Gasteiger partial charge in [0.2, 0.25) is 0 Å². The van der Waals surface area contributed by atoms with E-state index in [4.69, 9.17) is 0 Å². The first-order valence-corrected chi connectivity index (χ1v) is 8.52. The zero-order valence-corrected chi connectivity index (χ0v) is 14.4. The molecule has 0 bridgehead atoms. The summed E-state index contributed by atoms with van der Waals surface area (Å²) in [5, 5.41) is 5.71. The van der Waals surface area contributed by atoms with Crippen molar-refractivity contribution in [2.75, 3.05) is 5.32 Å². The lowest BCUT2D eigenvalue weighted by atomic mass is 10.1. The van der Waals surface area contributed by atoms with Gasteiger partial charge in [-0.2, -0.15) is 0 Å². The first-order valence-electron chi connectivity index (χ1n) is 8.52. The summed E-state index contributed by atoms with van der Waals surface area (Å²) in [4.78, 5) is 17.0. The number of halogens is 1. The molecule has 0 unspecified atom stereocenters. The highest BCUT2D eigenvalue weighted by atomic mass is 19.1. The Bertz CT molecular complexity index is 1070. The van der Waals surface area contributed by atoms with Crippen LogP contribution < -0.4 is 10.6 Å². The number of carbonyl (C=O) groups excluding carboxylic acids is 1. The van der Waals surface area contributed by atoms with E-state index in [1.165, 1.54) is 12.1 Å². The number of hydrogen-bond donors (Lipinski definition) is 2. The zero-order chi connectivity index (χ0) is 18.6. The fraction of sp³-hybridized carbons (Fsp3) is 0.0476. The van der Waals surface area contributed by atoms with E-state index < -0.39 is 0 Å². The number of nitrogens with zero attached hydrogens (tertiary/aromatic N) is 2. The molecule has 2 amide bonds. The molecule has 0 atom stereocenters. The maximum atomic E-state index is 13.3. The van der Waals surface area contributed by atoms with Crippen molar-refractivity contribution in [1.29, 1.82) is 0 Å². The molecule has 6 heteroatoms. The SMILES string of the molecule is O=C(NCc1ccccc1)Nc1c(-c2ccc(F)cc2)nc2ccccn12. The first-order chi connectivity index (χ1) is 13.2. The lowest BCUT2D eigenvalue weighted by molar-refractivity contribution is 0.251. The van der Waals surface area contributed by atoms with Crippen LogP contribution in [0.5, 0.6) is 0 Å². The summed E-state index contributed by atoms with van der Waals surface area (Å²) in [6.45, 7) is 0.412. The van der Waals surface area contributed by atoms with Crippen molar-refractivity contribution in [1.82, 2.24) is 14.7 Å². The largest absolute Gasteiger partial charge is 0.334 e. The van der Waals surface area contributed by atoms with Gasteiger partial charge in [-0.05, 0) is 42.0 Å². The van der Waals surface area contributed by atoms with Gasteiger partial charge < -0.3 is 5.32 Å². The van der Waals surface area contributed by atoms with Crippen molar-refractivity contribution in [2.45, 2.75) is 6.54 Å². The fourth-order valence-corrected chi connectivity index (χ4v) is 2.85. The van der Waals surface area contributed by atoms with Crippen LogP contribution in [0.2, 0.25) is 0 Å². The Kier molecular flexibility index (Phi) is 4.53. The number of fused-ring (bicyclic) bond motifs is 1. The number of carbonyl (C=O) groups is 1. The first kappa shape index (κ1) is 16.8. The third kappa shape index (κ3) is 3.64. The van der Waals surface area contributed by atoms with Gasteiger partial charge in [-0.1, -0.05) is 36.4 Å². The summed E-state index contributed by atoms with van der Waals surface area (Å²) in [6, 6.07) is 20.9. The fourth-order valence-electron chi connectivity index (χ4n) is 2.85. The van der Waals surface area contributed by atoms with Crippen molar-refractivity contribution in [3.8, 4) is 11.3 Å². The van der Waals surface area contributed by atoms with E-state index in [2.05, 4.69) is 15.6 Å². The van der Waals surface area contributed by atoms with Crippen LogP contribution in [0.25, 0.3) is 16.9 Å². The molecule has 27 heavy (non-hydrogen) atoms. The quantitative estimate of drug-likeness (QED) is 0.564. The maximum absolute atomic E-state index is 13.3. The van der Waals surface area contributed by atoms with E-state index in [0.29, 0.717) is 23.7 Å². The van der Waals surface area contributed by atoms with Gasteiger partial charge in [0.1, 0.15) is 23.0 Å². The predicted octanol–water partition coefficient (Wildman–Crippen LogP) is 4.46.